The number of amides is 1. The van der Waals surface area contributed by atoms with Gasteiger partial charge in [-0.15, -0.1) is 0 Å². The minimum Gasteiger partial charge on any atom is -0.477 e. The smallest absolute Gasteiger partial charge is 0.341 e. The molecule has 1 N–H and O–H groups in total. The van der Waals surface area contributed by atoms with Gasteiger partial charge in [0.2, 0.25) is 0 Å². The molecule has 0 aliphatic heterocycles. The molecule has 0 spiro atoms. The summed E-state index contributed by atoms with van der Waals surface area (Å²) in [5.41, 5.74) is 1.54. The maximum atomic E-state index is 11.6. The van der Waals surface area contributed by atoms with Gasteiger partial charge in [0.05, 0.1) is 0 Å². The number of carboxylic acids is 1. The highest BCUT2D eigenvalue weighted by Gasteiger charge is 2.18. The molecule has 90 valence electrons. The predicted molar refractivity (Wildman–Crippen MR) is 65.5 cm³/mol. The highest BCUT2D eigenvalue weighted by molar-refractivity contribution is 6.18. The first kappa shape index (κ1) is 13.0. The van der Waals surface area contributed by atoms with E-state index in [1.165, 1.54) is 25.1 Å². The van der Waals surface area contributed by atoms with Crippen LogP contribution in [0.1, 0.15) is 11.1 Å². The van der Waals surface area contributed by atoms with E-state index in [2.05, 4.69) is 0 Å². The lowest BCUT2D eigenvalue weighted by Gasteiger charge is -2.10. The molecule has 17 heavy (non-hydrogen) atoms. The molecular weight excluding hydrogens is 218 g/mol. The molecule has 0 aromatic heterocycles. The number of hydrogen-bond donors (Lipinski definition) is 1. The molecule has 0 aliphatic carbocycles. The lowest BCUT2D eigenvalue weighted by Crippen LogP contribution is -2.27. The van der Waals surface area contributed by atoms with Crippen LogP contribution in [0.5, 0.6) is 0 Å². The third-order valence-corrected chi connectivity index (χ3v) is 2.26. The van der Waals surface area contributed by atoms with Crippen LogP contribution >= 0.6 is 0 Å². The van der Waals surface area contributed by atoms with E-state index in [0.29, 0.717) is 5.56 Å². The van der Waals surface area contributed by atoms with Crippen LogP contribution in [-0.4, -0.2) is 36.0 Å². The summed E-state index contributed by atoms with van der Waals surface area (Å²) < 4.78 is 0. The molecule has 0 heterocycles. The number of carbonyl (C=O) groups excluding carboxylic acids is 1. The molecule has 1 aromatic rings. The number of aliphatic carboxylic acids is 1. The second kappa shape index (κ2) is 5.30. The van der Waals surface area contributed by atoms with Crippen molar-refractivity contribution in [3.8, 4) is 0 Å². The molecule has 1 aromatic carbocycles. The first-order chi connectivity index (χ1) is 7.91. The SMILES string of the molecule is Cc1ccc(/C=C(/C(=O)O)C(=O)N(C)C)cc1. The highest BCUT2D eigenvalue weighted by atomic mass is 16.4. The Labute approximate surface area is 100 Å². The molecule has 0 saturated heterocycles. The van der Waals surface area contributed by atoms with Crippen molar-refractivity contribution in [2.24, 2.45) is 0 Å². The van der Waals surface area contributed by atoms with Gasteiger partial charge in [-0.2, -0.15) is 0 Å². The van der Waals surface area contributed by atoms with Crippen LogP contribution in [0.2, 0.25) is 0 Å². The second-order valence-electron chi connectivity index (χ2n) is 3.97. The average Bonchev–Trinajstić information content (AvgIpc) is 2.26. The van der Waals surface area contributed by atoms with Gasteiger partial charge in [-0.1, -0.05) is 29.8 Å². The topological polar surface area (TPSA) is 57.6 Å². The largest absolute Gasteiger partial charge is 0.477 e. The first-order valence-electron chi connectivity index (χ1n) is 5.15. The second-order valence-corrected chi connectivity index (χ2v) is 3.97. The van der Waals surface area contributed by atoms with Gasteiger partial charge in [0.1, 0.15) is 5.57 Å². The van der Waals surface area contributed by atoms with E-state index in [1.807, 2.05) is 19.1 Å². The minimum absolute atomic E-state index is 0.237. The molecule has 0 bridgehead atoms. The van der Waals surface area contributed by atoms with Crippen LogP contribution < -0.4 is 0 Å². The molecule has 0 unspecified atom stereocenters. The van der Waals surface area contributed by atoms with E-state index in [1.54, 1.807) is 12.1 Å². The van der Waals surface area contributed by atoms with Crippen LogP contribution in [-0.2, 0) is 9.59 Å². The predicted octanol–water partition coefficient (Wildman–Crippen LogP) is 1.55. The number of carboxylic acid groups (broad SMARTS) is 1. The third kappa shape index (κ3) is 3.45. The van der Waals surface area contributed by atoms with Gasteiger partial charge >= 0.3 is 5.97 Å². The molecule has 0 radical (unpaired) electrons. The Balaban J connectivity index is 3.11. The normalized spacial score (nSPS) is 11.1. The van der Waals surface area contributed by atoms with Crippen molar-refractivity contribution in [2.45, 2.75) is 6.92 Å². The monoisotopic (exact) mass is 233 g/mol. The maximum Gasteiger partial charge on any atom is 0.341 e. The zero-order chi connectivity index (χ0) is 13.0. The minimum atomic E-state index is -1.22. The van der Waals surface area contributed by atoms with Crippen molar-refractivity contribution in [1.29, 1.82) is 0 Å². The fourth-order valence-corrected chi connectivity index (χ4v) is 1.29. The Kier molecular flexibility index (Phi) is 4.04. The van der Waals surface area contributed by atoms with E-state index in [9.17, 15) is 9.59 Å². The van der Waals surface area contributed by atoms with Crippen LogP contribution in [0, 0.1) is 6.92 Å². The van der Waals surface area contributed by atoms with E-state index in [-0.39, 0.29) is 5.57 Å². The molecule has 0 atom stereocenters. The number of hydrogen-bond acceptors (Lipinski definition) is 2. The van der Waals surface area contributed by atoms with E-state index in [4.69, 9.17) is 5.11 Å². The van der Waals surface area contributed by atoms with Crippen LogP contribution in [0.3, 0.4) is 0 Å². The fourth-order valence-electron chi connectivity index (χ4n) is 1.29. The zero-order valence-electron chi connectivity index (χ0n) is 10.1. The summed E-state index contributed by atoms with van der Waals surface area (Å²) in [5.74, 6) is -1.73. The number of benzene rings is 1. The number of likely N-dealkylation sites (N-methyl/N-ethyl adjacent to an activating group) is 1. The standard InChI is InChI=1S/C13H15NO3/c1-9-4-6-10(7-5-9)8-11(13(16)17)12(15)14(2)3/h4-8H,1-3H3,(H,16,17)/b11-8+. The first-order valence-corrected chi connectivity index (χ1v) is 5.15. The van der Waals surface area contributed by atoms with Crippen molar-refractivity contribution >= 4 is 18.0 Å². The molecule has 4 heteroatoms. The van der Waals surface area contributed by atoms with E-state index >= 15 is 0 Å². The summed E-state index contributed by atoms with van der Waals surface area (Å²) >= 11 is 0. The van der Waals surface area contributed by atoms with Gasteiger partial charge in [-0.3, -0.25) is 4.79 Å². The van der Waals surface area contributed by atoms with Crippen LogP contribution in [0.25, 0.3) is 6.08 Å². The lowest BCUT2D eigenvalue weighted by molar-refractivity contribution is -0.136. The van der Waals surface area contributed by atoms with Gasteiger partial charge < -0.3 is 10.0 Å². The van der Waals surface area contributed by atoms with Gasteiger partial charge in [-0.25, -0.2) is 4.79 Å². The van der Waals surface area contributed by atoms with Crippen molar-refractivity contribution in [1.82, 2.24) is 4.90 Å². The summed E-state index contributed by atoms with van der Waals surface area (Å²) in [7, 11) is 3.04. The summed E-state index contributed by atoms with van der Waals surface area (Å²) in [6.45, 7) is 1.94. The van der Waals surface area contributed by atoms with Gasteiger partial charge in [0.25, 0.3) is 5.91 Å². The molecule has 0 aliphatic rings. The van der Waals surface area contributed by atoms with E-state index < -0.39 is 11.9 Å². The van der Waals surface area contributed by atoms with Crippen LogP contribution in [0.15, 0.2) is 29.8 Å². The Bertz CT molecular complexity index is 458. The van der Waals surface area contributed by atoms with Crippen molar-refractivity contribution in [2.75, 3.05) is 14.1 Å². The number of carbonyl (C=O) groups is 2. The quantitative estimate of drug-likeness (QED) is 0.489. The zero-order valence-corrected chi connectivity index (χ0v) is 10.1. The third-order valence-electron chi connectivity index (χ3n) is 2.26. The van der Waals surface area contributed by atoms with Gasteiger partial charge in [-0.05, 0) is 18.6 Å². The van der Waals surface area contributed by atoms with Gasteiger partial charge in [0.15, 0.2) is 0 Å². The summed E-state index contributed by atoms with van der Waals surface area (Å²) in [5, 5.41) is 8.99. The Morgan fingerprint density at radius 2 is 1.71 bits per heavy atom. The van der Waals surface area contributed by atoms with Crippen molar-refractivity contribution < 1.29 is 14.7 Å². The molecule has 0 fully saturated rings. The average molecular weight is 233 g/mol. The van der Waals surface area contributed by atoms with Gasteiger partial charge in [0, 0.05) is 14.1 Å². The maximum absolute atomic E-state index is 11.6. The molecule has 1 amide bonds. The summed E-state index contributed by atoms with van der Waals surface area (Å²) in [6, 6.07) is 7.29. The lowest BCUT2D eigenvalue weighted by atomic mass is 10.1. The molecular formula is C13H15NO3. The molecule has 4 nitrogen and oxygen atoms in total. The number of nitrogens with zero attached hydrogens (tertiary/aromatic N) is 1. The van der Waals surface area contributed by atoms with Crippen LogP contribution in [0.4, 0.5) is 0 Å². The summed E-state index contributed by atoms with van der Waals surface area (Å²) in [4.78, 5) is 23.9. The summed E-state index contributed by atoms with van der Waals surface area (Å²) in [6.07, 6.45) is 1.38. The Hall–Kier alpha value is -2.10. The van der Waals surface area contributed by atoms with Crippen molar-refractivity contribution in [3.05, 3.63) is 41.0 Å². The van der Waals surface area contributed by atoms with Crippen molar-refractivity contribution in [3.63, 3.8) is 0 Å². The highest BCUT2D eigenvalue weighted by Crippen LogP contribution is 2.10. The number of rotatable bonds is 3. The Morgan fingerprint density at radius 1 is 1.18 bits per heavy atom. The fraction of sp³-hybridized carbons (Fsp3) is 0.231. The Morgan fingerprint density at radius 3 is 2.12 bits per heavy atom. The van der Waals surface area contributed by atoms with E-state index in [0.717, 1.165) is 5.56 Å². The molecule has 1 rings (SSSR count). The molecule has 0 saturated carbocycles. The number of aryl methyl sites for hydroxylation is 1.